The van der Waals surface area contributed by atoms with Crippen LogP contribution in [0.5, 0.6) is 17.2 Å². The van der Waals surface area contributed by atoms with E-state index in [1.165, 1.54) is 12.1 Å². The molecule has 0 bridgehead atoms. The molecule has 0 saturated carbocycles. The molecule has 0 unspecified atom stereocenters. The highest BCUT2D eigenvalue weighted by Crippen LogP contribution is 2.47. The Labute approximate surface area is 260 Å². The highest BCUT2D eigenvalue weighted by Gasteiger charge is 2.29. The summed E-state index contributed by atoms with van der Waals surface area (Å²) < 4.78 is 63.3. The first-order valence-electron chi connectivity index (χ1n) is 15.2. The van der Waals surface area contributed by atoms with Crippen molar-refractivity contribution in [2.75, 3.05) is 63.4 Å². The van der Waals surface area contributed by atoms with Crippen LogP contribution in [0.3, 0.4) is 0 Å². The molecule has 1 aromatic heterocycles. The van der Waals surface area contributed by atoms with Crippen LogP contribution >= 0.6 is 0 Å². The zero-order valence-corrected chi connectivity index (χ0v) is 25.2. The van der Waals surface area contributed by atoms with Crippen LogP contribution in [-0.4, -0.2) is 74.5 Å². The van der Waals surface area contributed by atoms with Crippen LogP contribution in [0.25, 0.3) is 11.3 Å². The van der Waals surface area contributed by atoms with E-state index in [2.05, 4.69) is 33.9 Å². The van der Waals surface area contributed by atoms with Crippen LogP contribution in [-0.2, 0) is 6.42 Å². The second-order valence-corrected chi connectivity index (χ2v) is 11.7. The van der Waals surface area contributed by atoms with E-state index in [0.29, 0.717) is 65.7 Å². The minimum absolute atomic E-state index is 0.0530. The Hall–Kier alpha value is -4.51. The van der Waals surface area contributed by atoms with Crippen LogP contribution in [0.1, 0.15) is 24.2 Å². The van der Waals surface area contributed by atoms with Gasteiger partial charge in [-0.2, -0.15) is 0 Å². The van der Waals surface area contributed by atoms with Gasteiger partial charge in [0, 0.05) is 31.1 Å². The number of ether oxygens (including phenoxy) is 3. The maximum absolute atomic E-state index is 15.5. The van der Waals surface area contributed by atoms with Crippen LogP contribution in [0.2, 0.25) is 0 Å². The maximum atomic E-state index is 15.5. The fourth-order valence-electron chi connectivity index (χ4n) is 6.35. The Balaban J connectivity index is 1.16. The van der Waals surface area contributed by atoms with E-state index >= 15 is 13.2 Å². The van der Waals surface area contributed by atoms with Gasteiger partial charge in [0.05, 0.1) is 29.8 Å². The van der Waals surface area contributed by atoms with Crippen molar-refractivity contribution in [1.29, 1.82) is 0 Å². The van der Waals surface area contributed by atoms with Gasteiger partial charge in [-0.15, -0.1) is 0 Å². The SMILES string of the molecule is CN(C)C1CCN(c2ccc(Cc3ncc(F)c(-c4cc(F)c5c(c4)N(c4cccc6c4OCCO6)CCO5)n3)cc2F)CC1. The summed E-state index contributed by atoms with van der Waals surface area (Å²) in [5.41, 5.74) is 2.53. The summed E-state index contributed by atoms with van der Waals surface area (Å²) in [6.07, 6.45) is 3.21. The van der Waals surface area contributed by atoms with E-state index in [1.807, 2.05) is 29.2 Å². The van der Waals surface area contributed by atoms with Crippen molar-refractivity contribution in [1.82, 2.24) is 14.9 Å². The van der Waals surface area contributed by atoms with Crippen molar-refractivity contribution in [2.24, 2.45) is 0 Å². The molecule has 0 aliphatic carbocycles. The fourth-order valence-corrected chi connectivity index (χ4v) is 6.35. The van der Waals surface area contributed by atoms with Gasteiger partial charge < -0.3 is 28.9 Å². The Kier molecular flexibility index (Phi) is 7.87. The van der Waals surface area contributed by atoms with Gasteiger partial charge in [0.2, 0.25) is 0 Å². The zero-order valence-electron chi connectivity index (χ0n) is 25.2. The first-order valence-corrected chi connectivity index (χ1v) is 15.2. The number of para-hydroxylation sites is 1. The normalized spacial score (nSPS) is 16.5. The number of anilines is 3. The van der Waals surface area contributed by atoms with Gasteiger partial charge in [-0.05, 0) is 68.9 Å². The molecule has 7 rings (SSSR count). The van der Waals surface area contributed by atoms with Gasteiger partial charge in [-0.25, -0.2) is 23.1 Å². The number of halogens is 3. The molecule has 0 amide bonds. The minimum Gasteiger partial charge on any atom is -0.486 e. The summed E-state index contributed by atoms with van der Waals surface area (Å²) in [5, 5.41) is 0. The van der Waals surface area contributed by atoms with Crippen LogP contribution in [0.15, 0.2) is 54.7 Å². The number of piperidine rings is 1. The third-order valence-corrected chi connectivity index (χ3v) is 8.69. The van der Waals surface area contributed by atoms with Gasteiger partial charge in [0.25, 0.3) is 0 Å². The second kappa shape index (κ2) is 12.1. The molecule has 3 aromatic carbocycles. The lowest BCUT2D eigenvalue weighted by atomic mass is 10.0. The first kappa shape index (κ1) is 29.2. The van der Waals surface area contributed by atoms with Gasteiger partial charge in [0.15, 0.2) is 28.9 Å². The highest BCUT2D eigenvalue weighted by molar-refractivity contribution is 5.80. The highest BCUT2D eigenvalue weighted by atomic mass is 19.1. The van der Waals surface area contributed by atoms with Crippen molar-refractivity contribution < 1.29 is 27.4 Å². The van der Waals surface area contributed by atoms with E-state index in [1.54, 1.807) is 12.1 Å². The number of hydrogen-bond donors (Lipinski definition) is 0. The lowest BCUT2D eigenvalue weighted by molar-refractivity contribution is 0.172. The number of hydrogen-bond acceptors (Lipinski definition) is 8. The maximum Gasteiger partial charge on any atom is 0.185 e. The average molecular weight is 618 g/mol. The molecule has 0 radical (unpaired) electrons. The molecular weight excluding hydrogens is 583 g/mol. The molecule has 4 aromatic rings. The van der Waals surface area contributed by atoms with Gasteiger partial charge in [0.1, 0.15) is 37.2 Å². The number of benzene rings is 3. The number of rotatable bonds is 6. The summed E-state index contributed by atoms with van der Waals surface area (Å²) >= 11 is 0. The molecule has 3 aliphatic rings. The molecule has 1 saturated heterocycles. The standard InChI is InChI=1S/C34H34F3N5O3/c1-40(2)23-8-10-41(11-9-23)27-7-6-21(16-24(27)35)17-31-38-20-26(37)32(39-31)22-18-25(36)33-29(19-22)42(12-13-44-33)28-4-3-5-30-34(28)45-15-14-43-30/h3-7,16,18-20,23H,8-15,17H2,1-2H3. The first-order chi connectivity index (χ1) is 21.9. The molecule has 234 valence electrons. The van der Waals surface area contributed by atoms with Crippen molar-refractivity contribution in [3.05, 3.63) is 83.6 Å². The smallest absolute Gasteiger partial charge is 0.185 e. The summed E-state index contributed by atoms with van der Waals surface area (Å²) in [5.74, 6) is -0.122. The van der Waals surface area contributed by atoms with E-state index in [0.717, 1.165) is 32.1 Å². The number of nitrogens with zero attached hydrogens (tertiary/aromatic N) is 5. The molecule has 0 atom stereocenters. The molecule has 8 nitrogen and oxygen atoms in total. The van der Waals surface area contributed by atoms with E-state index in [4.69, 9.17) is 14.2 Å². The zero-order chi connectivity index (χ0) is 31.1. The van der Waals surface area contributed by atoms with Crippen LogP contribution < -0.4 is 24.0 Å². The molecule has 11 heteroatoms. The fraction of sp³-hybridized carbons (Fsp3) is 0.353. The monoisotopic (exact) mass is 617 g/mol. The Bertz CT molecular complexity index is 1730. The molecular formula is C34H34F3N5O3. The Morgan fingerprint density at radius 2 is 1.60 bits per heavy atom. The predicted octanol–water partition coefficient (Wildman–Crippen LogP) is 5.98. The summed E-state index contributed by atoms with van der Waals surface area (Å²) in [6, 6.07) is 14.0. The molecule has 45 heavy (non-hydrogen) atoms. The summed E-state index contributed by atoms with van der Waals surface area (Å²) in [6.45, 7) is 3.09. The average Bonchev–Trinajstić information content (AvgIpc) is 3.05. The lowest BCUT2D eigenvalue weighted by Gasteiger charge is -2.36. The second-order valence-electron chi connectivity index (χ2n) is 11.7. The lowest BCUT2D eigenvalue weighted by Crippen LogP contribution is -2.42. The minimum atomic E-state index is -0.696. The third kappa shape index (κ3) is 5.72. The molecule has 3 aliphatic heterocycles. The largest absolute Gasteiger partial charge is 0.486 e. The Morgan fingerprint density at radius 3 is 2.40 bits per heavy atom. The van der Waals surface area contributed by atoms with Crippen molar-refractivity contribution in [3.8, 4) is 28.5 Å². The quantitative estimate of drug-likeness (QED) is 0.262. The van der Waals surface area contributed by atoms with E-state index < -0.39 is 11.6 Å². The van der Waals surface area contributed by atoms with Gasteiger partial charge in [-0.3, -0.25) is 0 Å². The molecule has 0 N–H and O–H groups in total. The summed E-state index contributed by atoms with van der Waals surface area (Å²) in [7, 11) is 4.15. The van der Waals surface area contributed by atoms with Crippen LogP contribution in [0.4, 0.5) is 30.2 Å². The molecule has 0 spiro atoms. The summed E-state index contributed by atoms with van der Waals surface area (Å²) in [4.78, 5) is 14.8. The Morgan fingerprint density at radius 1 is 0.800 bits per heavy atom. The number of fused-ring (bicyclic) bond motifs is 2. The van der Waals surface area contributed by atoms with E-state index in [9.17, 15) is 0 Å². The molecule has 1 fully saturated rings. The van der Waals surface area contributed by atoms with E-state index in [-0.39, 0.29) is 35.9 Å². The van der Waals surface area contributed by atoms with Crippen molar-refractivity contribution in [2.45, 2.75) is 25.3 Å². The topological polar surface area (TPSA) is 63.2 Å². The third-order valence-electron chi connectivity index (χ3n) is 8.69. The van der Waals surface area contributed by atoms with Gasteiger partial charge in [-0.1, -0.05) is 12.1 Å². The molecule has 4 heterocycles. The van der Waals surface area contributed by atoms with Crippen LogP contribution in [0, 0.1) is 17.5 Å². The predicted molar refractivity (Wildman–Crippen MR) is 165 cm³/mol. The van der Waals surface area contributed by atoms with Crippen molar-refractivity contribution >= 4 is 17.1 Å². The van der Waals surface area contributed by atoms with Gasteiger partial charge >= 0.3 is 0 Å². The number of aromatic nitrogens is 2. The van der Waals surface area contributed by atoms with Crippen molar-refractivity contribution in [3.63, 3.8) is 0 Å².